The zero-order chi connectivity index (χ0) is 7.68. The van der Waals surface area contributed by atoms with E-state index in [0.29, 0.717) is 12.1 Å². The molecule has 64 valence electrons. The van der Waals surface area contributed by atoms with Gasteiger partial charge in [0.2, 0.25) is 0 Å². The number of ether oxygens (including phenoxy) is 1. The molecule has 11 heavy (non-hydrogen) atoms. The molecule has 4 heteroatoms. The Labute approximate surface area is 69.7 Å². The number of nitrogens with zero attached hydrogens (tertiary/aromatic N) is 1. The van der Waals surface area contributed by atoms with Crippen LogP contribution in [0.15, 0.2) is 0 Å². The molecule has 2 fully saturated rings. The van der Waals surface area contributed by atoms with Gasteiger partial charge in [-0.3, -0.25) is 4.67 Å². The lowest BCUT2D eigenvalue weighted by Crippen LogP contribution is -2.55. The van der Waals surface area contributed by atoms with E-state index in [9.17, 15) is 0 Å². The van der Waals surface area contributed by atoms with Gasteiger partial charge in [0.1, 0.15) is 0 Å². The van der Waals surface area contributed by atoms with E-state index >= 15 is 0 Å². The van der Waals surface area contributed by atoms with Crippen molar-refractivity contribution < 1.29 is 4.74 Å². The lowest BCUT2D eigenvalue weighted by atomic mass is 10.0. The second-order valence-corrected chi connectivity index (χ2v) is 3.87. The molecule has 0 amide bonds. The number of rotatable bonds is 0. The van der Waals surface area contributed by atoms with Crippen LogP contribution in [-0.4, -0.2) is 43.1 Å². The first-order chi connectivity index (χ1) is 5.38. The fraction of sp³-hybridized carbons (Fsp3) is 1.00. The van der Waals surface area contributed by atoms with Crippen molar-refractivity contribution in [1.82, 2.24) is 9.99 Å². The Morgan fingerprint density at radius 1 is 1.55 bits per heavy atom. The zero-order valence-electron chi connectivity index (χ0n) is 6.62. The molecule has 2 heterocycles. The summed E-state index contributed by atoms with van der Waals surface area (Å²) in [6, 6.07) is 0.634. The van der Waals surface area contributed by atoms with Crippen LogP contribution in [0.3, 0.4) is 0 Å². The molecule has 0 aromatic carbocycles. The van der Waals surface area contributed by atoms with Crippen LogP contribution in [0.2, 0.25) is 0 Å². The molecule has 2 rings (SSSR count). The van der Waals surface area contributed by atoms with E-state index in [1.807, 2.05) is 0 Å². The van der Waals surface area contributed by atoms with Crippen molar-refractivity contribution in [3.8, 4) is 0 Å². The van der Waals surface area contributed by atoms with Crippen LogP contribution in [0.25, 0.3) is 0 Å². The molecule has 0 aromatic rings. The molecule has 2 aliphatic rings. The van der Waals surface area contributed by atoms with Crippen molar-refractivity contribution in [1.29, 1.82) is 0 Å². The van der Waals surface area contributed by atoms with Crippen LogP contribution < -0.4 is 5.32 Å². The molecule has 0 spiro atoms. The number of hydrogen-bond acceptors (Lipinski definition) is 3. The summed E-state index contributed by atoms with van der Waals surface area (Å²) in [5, 5.41) is 3.34. The fourth-order valence-electron chi connectivity index (χ4n) is 1.84. The molecule has 0 bridgehead atoms. The van der Waals surface area contributed by atoms with Crippen molar-refractivity contribution in [2.75, 3.05) is 26.2 Å². The highest BCUT2D eigenvalue weighted by Crippen LogP contribution is 2.21. The van der Waals surface area contributed by atoms with E-state index in [4.69, 9.17) is 4.74 Å². The van der Waals surface area contributed by atoms with E-state index in [2.05, 4.69) is 19.4 Å². The standard InChI is InChI=1S/C7H15N2OP/c11-9-3-4-10-7-5-8-2-1-6(7)9/h6-8H,1-5,11H2/t6-,7-/m0/s1. The smallest absolute Gasteiger partial charge is 0.0858 e. The Hall–Kier alpha value is 0.310. The maximum Gasteiger partial charge on any atom is 0.0858 e. The normalized spacial score (nSPS) is 40.1. The van der Waals surface area contributed by atoms with Gasteiger partial charge in [0, 0.05) is 19.1 Å². The van der Waals surface area contributed by atoms with Crippen LogP contribution in [0, 0.1) is 0 Å². The average Bonchev–Trinajstić information content (AvgIpc) is 2.06. The summed E-state index contributed by atoms with van der Waals surface area (Å²) >= 11 is 0. The Balaban J connectivity index is 1.99. The van der Waals surface area contributed by atoms with E-state index in [-0.39, 0.29) is 0 Å². The molecular formula is C7H15N2OP. The average molecular weight is 174 g/mol. The first kappa shape index (κ1) is 7.93. The number of nitrogens with one attached hydrogen (secondary N) is 1. The number of morpholine rings is 1. The van der Waals surface area contributed by atoms with E-state index in [1.165, 1.54) is 6.42 Å². The van der Waals surface area contributed by atoms with Gasteiger partial charge in [-0.15, -0.1) is 0 Å². The summed E-state index contributed by atoms with van der Waals surface area (Å²) in [6.07, 6.45) is 1.64. The minimum atomic E-state index is 0.426. The minimum absolute atomic E-state index is 0.426. The summed E-state index contributed by atoms with van der Waals surface area (Å²) in [5.41, 5.74) is 0. The Morgan fingerprint density at radius 3 is 3.27 bits per heavy atom. The minimum Gasteiger partial charge on any atom is -0.374 e. The largest absolute Gasteiger partial charge is 0.374 e. The summed E-state index contributed by atoms with van der Waals surface area (Å²) in [4.78, 5) is 0. The molecule has 0 aromatic heterocycles. The van der Waals surface area contributed by atoms with Gasteiger partial charge in [0.25, 0.3) is 0 Å². The maximum absolute atomic E-state index is 5.63. The monoisotopic (exact) mass is 174 g/mol. The highest BCUT2D eigenvalue weighted by molar-refractivity contribution is 7.13. The first-order valence-electron chi connectivity index (χ1n) is 4.21. The third-order valence-electron chi connectivity index (χ3n) is 2.50. The number of piperidine rings is 1. The summed E-state index contributed by atoms with van der Waals surface area (Å²) in [5.74, 6) is 0. The first-order valence-corrected chi connectivity index (χ1v) is 4.73. The van der Waals surface area contributed by atoms with Crippen molar-refractivity contribution in [3.63, 3.8) is 0 Å². The number of hydrogen-bond donors (Lipinski definition) is 1. The fourth-order valence-corrected chi connectivity index (χ4v) is 2.29. The topological polar surface area (TPSA) is 24.5 Å². The Kier molecular flexibility index (Phi) is 2.42. The SMILES string of the molecule is PN1CCO[C@H]2CNCC[C@@H]21. The van der Waals surface area contributed by atoms with Crippen LogP contribution >= 0.6 is 9.39 Å². The lowest BCUT2D eigenvalue weighted by molar-refractivity contribution is -0.0480. The third kappa shape index (κ3) is 1.57. The summed E-state index contributed by atoms with van der Waals surface area (Å²) in [6.45, 7) is 4.10. The molecule has 0 aliphatic carbocycles. The van der Waals surface area contributed by atoms with Gasteiger partial charge < -0.3 is 10.1 Å². The highest BCUT2D eigenvalue weighted by Gasteiger charge is 2.31. The molecule has 1 N–H and O–H groups in total. The van der Waals surface area contributed by atoms with Crippen LogP contribution in [0.4, 0.5) is 0 Å². The summed E-state index contributed by atoms with van der Waals surface area (Å²) in [7, 11) is 2.80. The van der Waals surface area contributed by atoms with Crippen LogP contribution in [-0.2, 0) is 4.74 Å². The molecule has 2 aliphatic heterocycles. The zero-order valence-corrected chi connectivity index (χ0v) is 7.78. The second-order valence-electron chi connectivity index (χ2n) is 3.21. The van der Waals surface area contributed by atoms with Crippen LogP contribution in [0.5, 0.6) is 0 Å². The van der Waals surface area contributed by atoms with Gasteiger partial charge >= 0.3 is 0 Å². The molecule has 3 atom stereocenters. The second kappa shape index (κ2) is 3.36. The third-order valence-corrected chi connectivity index (χ3v) is 3.14. The lowest BCUT2D eigenvalue weighted by Gasteiger charge is -2.41. The predicted molar refractivity (Wildman–Crippen MR) is 47.4 cm³/mol. The van der Waals surface area contributed by atoms with Crippen molar-refractivity contribution >= 4 is 9.39 Å². The Morgan fingerprint density at radius 2 is 2.45 bits per heavy atom. The van der Waals surface area contributed by atoms with Crippen LogP contribution in [0.1, 0.15) is 6.42 Å². The Bertz CT molecular complexity index is 142. The maximum atomic E-state index is 5.63. The number of fused-ring (bicyclic) bond motifs is 1. The predicted octanol–water partition coefficient (Wildman–Crippen LogP) is -0.161. The quantitative estimate of drug-likeness (QED) is 0.516. The van der Waals surface area contributed by atoms with Gasteiger partial charge in [0.15, 0.2) is 0 Å². The van der Waals surface area contributed by atoms with Gasteiger partial charge in [0.05, 0.1) is 12.7 Å². The highest BCUT2D eigenvalue weighted by atomic mass is 31.0. The molecule has 1 unspecified atom stereocenters. The van der Waals surface area contributed by atoms with Crippen molar-refractivity contribution in [3.05, 3.63) is 0 Å². The molecule has 3 nitrogen and oxygen atoms in total. The molecule has 0 saturated carbocycles. The van der Waals surface area contributed by atoms with E-state index in [1.54, 1.807) is 0 Å². The molecular weight excluding hydrogens is 159 g/mol. The van der Waals surface area contributed by atoms with Crippen molar-refractivity contribution in [2.45, 2.75) is 18.6 Å². The van der Waals surface area contributed by atoms with Crippen molar-refractivity contribution in [2.24, 2.45) is 0 Å². The molecule has 2 saturated heterocycles. The summed E-state index contributed by atoms with van der Waals surface area (Å²) < 4.78 is 7.98. The van der Waals surface area contributed by atoms with Gasteiger partial charge in [-0.2, -0.15) is 0 Å². The van der Waals surface area contributed by atoms with E-state index < -0.39 is 0 Å². The molecule has 0 radical (unpaired) electrons. The van der Waals surface area contributed by atoms with E-state index in [0.717, 1.165) is 26.2 Å². The van der Waals surface area contributed by atoms with Gasteiger partial charge in [-0.1, -0.05) is 9.39 Å². The van der Waals surface area contributed by atoms with Gasteiger partial charge in [-0.05, 0) is 13.0 Å². The van der Waals surface area contributed by atoms with Gasteiger partial charge in [-0.25, -0.2) is 0 Å².